The molecule has 0 aliphatic heterocycles. The summed E-state index contributed by atoms with van der Waals surface area (Å²) in [4.78, 5) is 0. The highest BCUT2D eigenvalue weighted by atomic mass is 16.6. The van der Waals surface area contributed by atoms with Gasteiger partial charge in [-0.15, -0.1) is 6.58 Å². The van der Waals surface area contributed by atoms with Crippen molar-refractivity contribution >= 4 is 0 Å². The van der Waals surface area contributed by atoms with Crippen molar-refractivity contribution in [1.82, 2.24) is 0 Å². The molecule has 0 saturated heterocycles. The van der Waals surface area contributed by atoms with Crippen LogP contribution < -0.4 is 0 Å². The zero-order valence-corrected chi connectivity index (χ0v) is 6.49. The minimum absolute atomic E-state index is 0.620. The summed E-state index contributed by atoms with van der Waals surface area (Å²) in [6.07, 6.45) is 1.75. The van der Waals surface area contributed by atoms with E-state index in [4.69, 9.17) is 4.74 Å². The van der Waals surface area contributed by atoms with Gasteiger partial charge in [-0.25, -0.2) is 0 Å². The molecule has 11 heavy (non-hydrogen) atoms. The first-order valence-electron chi connectivity index (χ1n) is 3.66. The lowest BCUT2D eigenvalue weighted by atomic mass is 10.3. The number of benzene rings is 1. The van der Waals surface area contributed by atoms with Gasteiger partial charge in [0.25, 0.3) is 0 Å². The van der Waals surface area contributed by atoms with Gasteiger partial charge in [-0.2, -0.15) is 0 Å². The maximum absolute atomic E-state index is 5.25. The van der Waals surface area contributed by atoms with Crippen molar-refractivity contribution in [3.8, 4) is 0 Å². The number of hydrogen-bond donors (Lipinski definition) is 0. The first-order valence-corrected chi connectivity index (χ1v) is 3.66. The van der Waals surface area contributed by atoms with Crippen molar-refractivity contribution in [2.75, 3.05) is 6.61 Å². The Morgan fingerprint density at radius 2 is 2.09 bits per heavy atom. The van der Waals surface area contributed by atoms with Gasteiger partial charge >= 0.3 is 0 Å². The van der Waals surface area contributed by atoms with Crippen molar-refractivity contribution in [3.63, 3.8) is 0 Å². The molecule has 1 nitrogen and oxygen atoms in total. The van der Waals surface area contributed by atoms with Gasteiger partial charge in [-0.3, -0.25) is 0 Å². The molecule has 0 saturated carbocycles. The van der Waals surface area contributed by atoms with Crippen LogP contribution in [0.25, 0.3) is 0 Å². The van der Waals surface area contributed by atoms with E-state index in [2.05, 4.69) is 6.58 Å². The maximum atomic E-state index is 5.25. The highest BCUT2D eigenvalue weighted by Crippen LogP contribution is 1.99. The molecule has 0 amide bonds. The van der Waals surface area contributed by atoms with Gasteiger partial charge in [-0.1, -0.05) is 36.4 Å². The van der Waals surface area contributed by atoms with Crippen LogP contribution in [-0.2, 0) is 11.3 Å². The van der Waals surface area contributed by atoms with E-state index < -0.39 is 0 Å². The van der Waals surface area contributed by atoms with Crippen LogP contribution in [0.15, 0.2) is 43.0 Å². The van der Waals surface area contributed by atoms with Crippen molar-refractivity contribution in [3.05, 3.63) is 48.6 Å². The Balaban J connectivity index is 2.33. The molecule has 0 heterocycles. The zero-order valence-electron chi connectivity index (χ0n) is 6.49. The van der Waals surface area contributed by atoms with E-state index in [1.54, 1.807) is 6.08 Å². The summed E-state index contributed by atoms with van der Waals surface area (Å²) in [5.74, 6) is 0. The van der Waals surface area contributed by atoms with E-state index >= 15 is 0 Å². The van der Waals surface area contributed by atoms with E-state index in [1.165, 1.54) is 5.56 Å². The third-order valence-corrected chi connectivity index (χ3v) is 1.35. The van der Waals surface area contributed by atoms with E-state index in [-0.39, 0.29) is 0 Å². The zero-order chi connectivity index (χ0) is 7.94. The quantitative estimate of drug-likeness (QED) is 0.473. The Bertz CT molecular complexity index is 203. The van der Waals surface area contributed by atoms with E-state index in [1.807, 2.05) is 30.3 Å². The van der Waals surface area contributed by atoms with E-state index in [9.17, 15) is 0 Å². The fraction of sp³-hybridized carbons (Fsp3) is 0.200. The highest BCUT2D eigenvalue weighted by molar-refractivity contribution is 5.13. The molecule has 0 atom stereocenters. The van der Waals surface area contributed by atoms with Gasteiger partial charge in [0, 0.05) is 0 Å². The SMILES string of the molecule is C=CCO[14CH2]c1ccccc1. The highest BCUT2D eigenvalue weighted by Gasteiger charge is 1.87. The molecule has 0 aliphatic carbocycles. The third-order valence-electron chi connectivity index (χ3n) is 1.35. The summed E-state index contributed by atoms with van der Waals surface area (Å²) in [6, 6.07) is 10.1. The average Bonchev–Trinajstić information content (AvgIpc) is 2.07. The number of rotatable bonds is 4. The molecule has 1 rings (SSSR count). The van der Waals surface area contributed by atoms with Gasteiger partial charge < -0.3 is 4.74 Å². The Morgan fingerprint density at radius 3 is 2.73 bits per heavy atom. The van der Waals surface area contributed by atoms with Crippen LogP contribution >= 0.6 is 0 Å². The summed E-state index contributed by atoms with van der Waals surface area (Å²) in [6.45, 7) is 4.86. The standard InChI is InChI=1S/C10H12O/c1-2-8-11-9-10-6-4-3-5-7-10/h2-7H,1,8-9H2/i9+2. The van der Waals surface area contributed by atoms with Crippen LogP contribution in [0.4, 0.5) is 0 Å². The monoisotopic (exact) mass is 150 g/mol. The molecule has 0 unspecified atom stereocenters. The molecule has 0 bridgehead atoms. The Morgan fingerprint density at radius 1 is 1.36 bits per heavy atom. The van der Waals surface area contributed by atoms with Gasteiger partial charge in [0.1, 0.15) is 0 Å². The fourth-order valence-corrected chi connectivity index (χ4v) is 0.834. The largest absolute Gasteiger partial charge is 0.373 e. The molecule has 0 N–H and O–H groups in total. The average molecular weight is 150 g/mol. The summed E-state index contributed by atoms with van der Waals surface area (Å²) in [5.41, 5.74) is 1.20. The molecule has 1 heteroatoms. The molecule has 0 aromatic heterocycles. The maximum Gasteiger partial charge on any atom is 0.0721 e. The summed E-state index contributed by atoms with van der Waals surface area (Å²) >= 11 is 0. The van der Waals surface area contributed by atoms with Crippen LogP contribution in [0.5, 0.6) is 0 Å². The number of hydrogen-bond acceptors (Lipinski definition) is 1. The summed E-state index contributed by atoms with van der Waals surface area (Å²) in [5, 5.41) is 0. The third kappa shape index (κ3) is 3.01. The molecular formula is C10H12O. The van der Waals surface area contributed by atoms with Gasteiger partial charge in [0.05, 0.1) is 13.2 Å². The van der Waals surface area contributed by atoms with Gasteiger partial charge in [0.2, 0.25) is 0 Å². The molecule has 1 aromatic carbocycles. The second-order valence-electron chi connectivity index (χ2n) is 2.29. The predicted octanol–water partition coefficient (Wildman–Crippen LogP) is 2.39. The van der Waals surface area contributed by atoms with Crippen LogP contribution in [0.3, 0.4) is 0 Å². The molecule has 0 aliphatic rings. The van der Waals surface area contributed by atoms with Crippen molar-refractivity contribution in [2.24, 2.45) is 0 Å². The van der Waals surface area contributed by atoms with Gasteiger partial charge in [0.15, 0.2) is 0 Å². The number of ether oxygens (including phenoxy) is 1. The van der Waals surface area contributed by atoms with Crippen molar-refractivity contribution in [1.29, 1.82) is 0 Å². The lowest BCUT2D eigenvalue weighted by molar-refractivity contribution is 0.149. The van der Waals surface area contributed by atoms with Crippen LogP contribution in [0, 0.1) is 0 Å². The second kappa shape index (κ2) is 4.69. The fourth-order valence-electron chi connectivity index (χ4n) is 0.834. The molecule has 1 aromatic rings. The summed E-state index contributed by atoms with van der Waals surface area (Å²) < 4.78 is 5.25. The molecular weight excluding hydrogens is 138 g/mol. The Hall–Kier alpha value is -1.08. The first-order chi connectivity index (χ1) is 5.43. The van der Waals surface area contributed by atoms with E-state index in [0.29, 0.717) is 13.2 Å². The van der Waals surface area contributed by atoms with Crippen molar-refractivity contribution < 1.29 is 4.74 Å². The van der Waals surface area contributed by atoms with Crippen molar-refractivity contribution in [2.45, 2.75) is 6.61 Å². The smallest absolute Gasteiger partial charge is 0.0721 e. The van der Waals surface area contributed by atoms with E-state index in [0.717, 1.165) is 0 Å². The summed E-state index contributed by atoms with van der Waals surface area (Å²) in [7, 11) is 0. The molecule has 0 spiro atoms. The minimum atomic E-state index is 0.620. The Kier molecular flexibility index (Phi) is 3.42. The first kappa shape index (κ1) is 8.02. The van der Waals surface area contributed by atoms with Gasteiger partial charge in [-0.05, 0) is 5.56 Å². The topological polar surface area (TPSA) is 9.23 Å². The predicted molar refractivity (Wildman–Crippen MR) is 46.3 cm³/mol. The van der Waals surface area contributed by atoms with Crippen LogP contribution in [0.1, 0.15) is 5.56 Å². The molecule has 58 valence electrons. The lowest BCUT2D eigenvalue weighted by Crippen LogP contribution is -1.91. The minimum Gasteiger partial charge on any atom is -0.373 e. The normalized spacial score (nSPS) is 9.45. The molecule has 0 fully saturated rings. The van der Waals surface area contributed by atoms with Crippen LogP contribution in [0.2, 0.25) is 0 Å². The lowest BCUT2D eigenvalue weighted by Gasteiger charge is -1.99. The molecule has 0 radical (unpaired) electrons. The Labute approximate surface area is 67.3 Å². The second-order valence-corrected chi connectivity index (χ2v) is 2.29. The van der Waals surface area contributed by atoms with Crippen LogP contribution in [-0.4, -0.2) is 6.61 Å².